The predicted octanol–water partition coefficient (Wildman–Crippen LogP) is 3.42. The van der Waals surface area contributed by atoms with Crippen LogP contribution < -0.4 is 10.6 Å². The van der Waals surface area contributed by atoms with Crippen molar-refractivity contribution in [3.05, 3.63) is 23.2 Å². The van der Waals surface area contributed by atoms with E-state index in [-0.39, 0.29) is 11.9 Å². The number of thiophene rings is 1. The maximum atomic E-state index is 11.9. The Balaban J connectivity index is 1.39. The van der Waals surface area contributed by atoms with Gasteiger partial charge in [-0.2, -0.15) is 10.1 Å². The summed E-state index contributed by atoms with van der Waals surface area (Å²) in [5.74, 6) is 2.33. The van der Waals surface area contributed by atoms with Crippen LogP contribution in [-0.4, -0.2) is 49.1 Å². The van der Waals surface area contributed by atoms with Crippen LogP contribution in [0.4, 0.5) is 17.6 Å². The first-order valence-corrected chi connectivity index (χ1v) is 10.5. The molecule has 8 nitrogen and oxygen atoms in total. The molecule has 0 saturated carbocycles. The highest BCUT2D eigenvalue weighted by Crippen LogP contribution is 2.37. The van der Waals surface area contributed by atoms with E-state index in [0.717, 1.165) is 53.2 Å². The minimum absolute atomic E-state index is 0.197. The average molecular weight is 398 g/mol. The summed E-state index contributed by atoms with van der Waals surface area (Å²) < 4.78 is 1.01. The van der Waals surface area contributed by atoms with Crippen LogP contribution in [-0.2, 0) is 4.79 Å². The Morgan fingerprint density at radius 1 is 1.29 bits per heavy atom. The summed E-state index contributed by atoms with van der Waals surface area (Å²) >= 11 is 1.61. The topological polar surface area (TPSA) is 98.8 Å². The third-order valence-electron chi connectivity index (χ3n) is 5.69. The highest BCUT2D eigenvalue weighted by Gasteiger charge is 2.42. The summed E-state index contributed by atoms with van der Waals surface area (Å²) in [5, 5.41) is 16.1. The van der Waals surface area contributed by atoms with E-state index in [1.165, 1.54) is 0 Å². The third kappa shape index (κ3) is 3.09. The molecule has 5 heterocycles. The molecule has 2 unspecified atom stereocenters. The van der Waals surface area contributed by atoms with Gasteiger partial charge in [-0.1, -0.05) is 0 Å². The summed E-state index contributed by atoms with van der Waals surface area (Å²) in [5.41, 5.74) is 1.91. The second kappa shape index (κ2) is 6.73. The highest BCUT2D eigenvalue weighted by molar-refractivity contribution is 7.17. The summed E-state index contributed by atoms with van der Waals surface area (Å²) in [6.45, 7) is 3.65. The SMILES string of the molecule is CC(=O)N1C2CCC1CC(Nc1nc(Nc3cc(C)[nH]n3)c3sccc3n1)C2. The molecule has 2 saturated heterocycles. The molecule has 2 aliphatic heterocycles. The van der Waals surface area contributed by atoms with E-state index in [0.29, 0.717) is 18.0 Å². The van der Waals surface area contributed by atoms with Gasteiger partial charge in [-0.3, -0.25) is 9.89 Å². The maximum absolute atomic E-state index is 11.9. The number of fused-ring (bicyclic) bond motifs is 3. The van der Waals surface area contributed by atoms with Gasteiger partial charge in [-0.25, -0.2) is 4.98 Å². The molecule has 3 aromatic rings. The lowest BCUT2D eigenvalue weighted by atomic mass is 9.97. The molecule has 5 rings (SSSR count). The number of nitrogens with zero attached hydrogens (tertiary/aromatic N) is 4. The van der Waals surface area contributed by atoms with Crippen LogP contribution in [0, 0.1) is 6.92 Å². The Bertz CT molecular complexity index is 1010. The van der Waals surface area contributed by atoms with Gasteiger partial charge in [0, 0.05) is 36.8 Å². The van der Waals surface area contributed by atoms with Crippen molar-refractivity contribution in [3.8, 4) is 0 Å². The largest absolute Gasteiger partial charge is 0.351 e. The quantitative estimate of drug-likeness (QED) is 0.624. The number of piperidine rings is 1. The van der Waals surface area contributed by atoms with Crippen LogP contribution in [0.2, 0.25) is 0 Å². The second-order valence-corrected chi connectivity index (χ2v) is 8.63. The zero-order valence-corrected chi connectivity index (χ0v) is 16.7. The van der Waals surface area contributed by atoms with Crippen molar-refractivity contribution in [2.24, 2.45) is 0 Å². The van der Waals surface area contributed by atoms with E-state index >= 15 is 0 Å². The molecule has 0 aliphatic carbocycles. The second-order valence-electron chi connectivity index (χ2n) is 7.72. The Kier molecular flexibility index (Phi) is 4.19. The predicted molar refractivity (Wildman–Crippen MR) is 110 cm³/mol. The number of aromatic amines is 1. The first-order valence-electron chi connectivity index (χ1n) is 9.66. The van der Waals surface area contributed by atoms with Gasteiger partial charge in [0.1, 0.15) is 0 Å². The lowest BCUT2D eigenvalue weighted by molar-refractivity contribution is -0.133. The first-order chi connectivity index (χ1) is 13.6. The molecule has 0 radical (unpaired) electrons. The van der Waals surface area contributed by atoms with Crippen molar-refractivity contribution in [2.45, 2.75) is 57.7 Å². The summed E-state index contributed by atoms with van der Waals surface area (Å²) in [6.07, 6.45) is 4.08. The molecule has 9 heteroatoms. The van der Waals surface area contributed by atoms with E-state index in [1.807, 2.05) is 24.4 Å². The molecule has 2 aliphatic rings. The zero-order chi connectivity index (χ0) is 19.3. The van der Waals surface area contributed by atoms with Crippen molar-refractivity contribution in [2.75, 3.05) is 10.6 Å². The number of H-pyrrole nitrogens is 1. The fourth-order valence-corrected chi connectivity index (χ4v) is 5.38. The number of anilines is 3. The highest BCUT2D eigenvalue weighted by atomic mass is 32.1. The number of aromatic nitrogens is 4. The molecule has 2 atom stereocenters. The molecule has 0 aromatic carbocycles. The number of carbonyl (C=O) groups is 1. The van der Waals surface area contributed by atoms with Crippen molar-refractivity contribution in [3.63, 3.8) is 0 Å². The Morgan fingerprint density at radius 3 is 2.75 bits per heavy atom. The first kappa shape index (κ1) is 17.4. The summed E-state index contributed by atoms with van der Waals surface area (Å²) in [4.78, 5) is 23.4. The smallest absolute Gasteiger partial charge is 0.225 e. The van der Waals surface area contributed by atoms with Crippen LogP contribution in [0.5, 0.6) is 0 Å². The zero-order valence-electron chi connectivity index (χ0n) is 15.9. The number of nitrogens with one attached hydrogen (secondary N) is 3. The van der Waals surface area contributed by atoms with Crippen molar-refractivity contribution in [1.29, 1.82) is 0 Å². The Labute approximate surface area is 166 Å². The number of amides is 1. The summed E-state index contributed by atoms with van der Waals surface area (Å²) in [6, 6.07) is 4.91. The van der Waals surface area contributed by atoms with Crippen molar-refractivity contribution >= 4 is 45.0 Å². The fraction of sp³-hybridized carbons (Fsp3) is 0.474. The van der Waals surface area contributed by atoms with Gasteiger partial charge in [0.25, 0.3) is 0 Å². The van der Waals surface area contributed by atoms with Crippen LogP contribution >= 0.6 is 11.3 Å². The van der Waals surface area contributed by atoms with Crippen LogP contribution in [0.25, 0.3) is 10.2 Å². The van der Waals surface area contributed by atoms with Gasteiger partial charge >= 0.3 is 0 Å². The Morgan fingerprint density at radius 2 is 2.07 bits per heavy atom. The van der Waals surface area contributed by atoms with Gasteiger partial charge in [0.05, 0.1) is 10.2 Å². The van der Waals surface area contributed by atoms with Gasteiger partial charge in [0.2, 0.25) is 11.9 Å². The van der Waals surface area contributed by atoms with Crippen LogP contribution in [0.1, 0.15) is 38.3 Å². The molecule has 2 fully saturated rings. The number of aryl methyl sites for hydroxylation is 1. The van der Waals surface area contributed by atoms with E-state index in [9.17, 15) is 4.79 Å². The third-order valence-corrected chi connectivity index (χ3v) is 6.60. The number of hydrogen-bond donors (Lipinski definition) is 3. The molecule has 28 heavy (non-hydrogen) atoms. The lowest BCUT2D eigenvalue weighted by Gasteiger charge is -2.38. The molecular weight excluding hydrogens is 374 g/mol. The minimum Gasteiger partial charge on any atom is -0.351 e. The molecule has 1 amide bonds. The molecule has 3 aromatic heterocycles. The van der Waals surface area contributed by atoms with E-state index < -0.39 is 0 Å². The molecule has 146 valence electrons. The monoisotopic (exact) mass is 397 g/mol. The van der Waals surface area contributed by atoms with Crippen LogP contribution in [0.15, 0.2) is 17.5 Å². The van der Waals surface area contributed by atoms with E-state index in [1.54, 1.807) is 18.3 Å². The van der Waals surface area contributed by atoms with Gasteiger partial charge in [0.15, 0.2) is 11.6 Å². The Hall–Kier alpha value is -2.68. The number of hydrogen-bond acceptors (Lipinski definition) is 7. The standard InChI is InChI=1S/C19H23N7OS/c1-10-7-16(25-24-10)22-18-17-15(5-6-28-17)21-19(23-18)20-12-8-13-3-4-14(9-12)26(13)11(2)27/h5-7,12-14H,3-4,8-9H2,1-2H3,(H3,20,21,22,23,24,25). The normalized spacial score (nSPS) is 23.9. The van der Waals surface area contributed by atoms with E-state index in [4.69, 9.17) is 9.97 Å². The van der Waals surface area contributed by atoms with Crippen molar-refractivity contribution < 1.29 is 4.79 Å². The average Bonchev–Trinajstić information content (AvgIpc) is 3.34. The lowest BCUT2D eigenvalue weighted by Crippen LogP contribution is -2.49. The van der Waals surface area contributed by atoms with Gasteiger partial charge in [-0.15, -0.1) is 11.3 Å². The molecule has 0 spiro atoms. The minimum atomic E-state index is 0.197. The molecule has 2 bridgehead atoms. The molecule has 3 N–H and O–H groups in total. The maximum Gasteiger partial charge on any atom is 0.225 e. The fourth-order valence-electron chi connectivity index (χ4n) is 4.61. The van der Waals surface area contributed by atoms with E-state index in [2.05, 4.69) is 25.7 Å². The van der Waals surface area contributed by atoms with Gasteiger partial charge < -0.3 is 15.5 Å². The van der Waals surface area contributed by atoms with Gasteiger partial charge in [-0.05, 0) is 44.1 Å². The molecular formula is C19H23N7OS. The van der Waals surface area contributed by atoms with Crippen molar-refractivity contribution in [1.82, 2.24) is 25.1 Å². The summed E-state index contributed by atoms with van der Waals surface area (Å²) in [7, 11) is 0. The number of carbonyl (C=O) groups excluding carboxylic acids is 1. The number of rotatable bonds is 4. The van der Waals surface area contributed by atoms with Crippen LogP contribution in [0.3, 0.4) is 0 Å².